The topological polar surface area (TPSA) is 95.5 Å². The van der Waals surface area contributed by atoms with Gasteiger partial charge in [-0.05, 0) is 46.5 Å². The summed E-state index contributed by atoms with van der Waals surface area (Å²) in [7, 11) is 3.44. The van der Waals surface area contributed by atoms with Gasteiger partial charge in [-0.1, -0.05) is 0 Å². The first-order valence-corrected chi connectivity index (χ1v) is 10.6. The Morgan fingerprint density at radius 3 is 2.48 bits per heavy atom. The summed E-state index contributed by atoms with van der Waals surface area (Å²) < 4.78 is 10.6. The van der Waals surface area contributed by atoms with Crippen LogP contribution in [0, 0.1) is 0 Å². The second-order valence-corrected chi connectivity index (χ2v) is 7.61. The number of hydrogen-bond acceptors (Lipinski definition) is 5. The first kappa shape index (κ1) is 25.0. The van der Waals surface area contributed by atoms with Gasteiger partial charge in [0, 0.05) is 46.4 Å². The van der Waals surface area contributed by atoms with Crippen molar-refractivity contribution in [3.05, 3.63) is 0 Å². The van der Waals surface area contributed by atoms with Gasteiger partial charge in [0.05, 0.1) is 12.7 Å². The number of nitrogens with zero attached hydrogens (tertiary/aromatic N) is 3. The van der Waals surface area contributed by atoms with E-state index in [0.29, 0.717) is 25.7 Å². The lowest BCUT2D eigenvalue weighted by atomic mass is 10.1. The van der Waals surface area contributed by atoms with E-state index in [-0.39, 0.29) is 30.7 Å². The lowest BCUT2D eigenvalue weighted by Crippen LogP contribution is -2.50. The first-order valence-electron chi connectivity index (χ1n) is 10.6. The number of likely N-dealkylation sites (N-methyl/N-ethyl adjacent to an activating group) is 1. The lowest BCUT2D eigenvalue weighted by molar-refractivity contribution is -0.127. The number of aliphatic imine (C=N–C) groups is 1. The molecule has 0 spiro atoms. The molecule has 29 heavy (non-hydrogen) atoms. The van der Waals surface area contributed by atoms with Gasteiger partial charge in [0.25, 0.3) is 0 Å². The van der Waals surface area contributed by atoms with Crippen molar-refractivity contribution < 1.29 is 19.1 Å². The fourth-order valence-corrected chi connectivity index (χ4v) is 2.81. The molecule has 2 N–H and O–H groups in total. The second-order valence-electron chi connectivity index (χ2n) is 7.61. The van der Waals surface area contributed by atoms with Crippen LogP contribution >= 0.6 is 0 Å². The van der Waals surface area contributed by atoms with Crippen LogP contribution in [0.3, 0.4) is 0 Å². The fraction of sp³-hybridized carbons (Fsp3) is 0.850. The number of nitrogens with one attached hydrogen (secondary N) is 2. The van der Waals surface area contributed by atoms with E-state index in [1.165, 1.54) is 4.90 Å². The molecule has 0 aromatic carbocycles. The predicted octanol–water partition coefficient (Wildman–Crippen LogP) is 1.44. The van der Waals surface area contributed by atoms with Crippen LogP contribution < -0.4 is 10.6 Å². The summed E-state index contributed by atoms with van der Waals surface area (Å²) in [4.78, 5) is 31.4. The van der Waals surface area contributed by atoms with Crippen molar-refractivity contribution in [3.63, 3.8) is 0 Å². The SMILES string of the molecule is CCOC(=O)N1CCC(NC(=NCC(=O)N(C)C)NCCCCOC(C)C)CC1. The van der Waals surface area contributed by atoms with Gasteiger partial charge in [0.15, 0.2) is 5.96 Å². The number of piperidine rings is 1. The molecule has 1 fully saturated rings. The number of rotatable bonds is 10. The third-order valence-corrected chi connectivity index (χ3v) is 4.55. The maximum absolute atomic E-state index is 11.9. The Labute approximate surface area is 175 Å². The minimum atomic E-state index is -0.252. The molecule has 0 aliphatic carbocycles. The highest BCUT2D eigenvalue weighted by Gasteiger charge is 2.24. The van der Waals surface area contributed by atoms with Crippen LogP contribution in [0.1, 0.15) is 46.5 Å². The van der Waals surface area contributed by atoms with Gasteiger partial charge in [-0.2, -0.15) is 0 Å². The van der Waals surface area contributed by atoms with Crippen LogP contribution in [0.5, 0.6) is 0 Å². The summed E-state index contributed by atoms with van der Waals surface area (Å²) in [5.41, 5.74) is 0. The molecule has 0 radical (unpaired) electrons. The van der Waals surface area contributed by atoms with Crippen molar-refractivity contribution in [2.45, 2.75) is 58.6 Å². The van der Waals surface area contributed by atoms with Crippen LogP contribution in [0.15, 0.2) is 4.99 Å². The van der Waals surface area contributed by atoms with Gasteiger partial charge in [-0.3, -0.25) is 4.79 Å². The summed E-state index contributed by atoms with van der Waals surface area (Å²) >= 11 is 0. The molecule has 0 atom stereocenters. The Morgan fingerprint density at radius 1 is 1.21 bits per heavy atom. The fourth-order valence-electron chi connectivity index (χ4n) is 2.81. The van der Waals surface area contributed by atoms with Crippen molar-refractivity contribution in [1.29, 1.82) is 0 Å². The van der Waals surface area contributed by atoms with Crippen LogP contribution in [0.4, 0.5) is 4.79 Å². The molecule has 0 aromatic heterocycles. The van der Waals surface area contributed by atoms with E-state index in [2.05, 4.69) is 15.6 Å². The molecule has 1 aliphatic heterocycles. The van der Waals surface area contributed by atoms with E-state index in [4.69, 9.17) is 9.47 Å². The molecule has 1 aliphatic rings. The van der Waals surface area contributed by atoms with E-state index in [9.17, 15) is 9.59 Å². The van der Waals surface area contributed by atoms with Crippen molar-refractivity contribution in [2.75, 3.05) is 53.5 Å². The maximum atomic E-state index is 11.9. The molecule has 0 saturated carbocycles. The third-order valence-electron chi connectivity index (χ3n) is 4.55. The van der Waals surface area contributed by atoms with Gasteiger partial charge in [0.2, 0.25) is 5.91 Å². The summed E-state index contributed by atoms with van der Waals surface area (Å²) in [6, 6.07) is 0.200. The molecule has 0 unspecified atom stereocenters. The molecular weight excluding hydrogens is 374 g/mol. The Bertz CT molecular complexity index is 517. The minimum Gasteiger partial charge on any atom is -0.450 e. The number of amides is 2. The zero-order valence-electron chi connectivity index (χ0n) is 18.7. The van der Waals surface area contributed by atoms with E-state index < -0.39 is 0 Å². The zero-order valence-corrected chi connectivity index (χ0v) is 18.7. The van der Waals surface area contributed by atoms with Gasteiger partial charge in [0.1, 0.15) is 6.54 Å². The highest BCUT2D eigenvalue weighted by Crippen LogP contribution is 2.11. The number of carbonyl (C=O) groups excluding carboxylic acids is 2. The Kier molecular flexibility index (Phi) is 12.1. The largest absolute Gasteiger partial charge is 0.450 e. The molecule has 1 rings (SSSR count). The molecule has 0 aromatic rings. The van der Waals surface area contributed by atoms with Crippen molar-refractivity contribution in [3.8, 4) is 0 Å². The standard InChI is InChI=1S/C20H39N5O4/c1-6-28-20(27)25-12-9-17(10-13-25)23-19(22-15-18(26)24(4)5)21-11-7-8-14-29-16(2)3/h16-17H,6-15H2,1-5H3,(H2,21,22,23). The summed E-state index contributed by atoms with van der Waals surface area (Å²) in [6.45, 7) is 9.14. The van der Waals surface area contributed by atoms with E-state index in [1.54, 1.807) is 19.0 Å². The van der Waals surface area contributed by atoms with Gasteiger partial charge in [-0.25, -0.2) is 9.79 Å². The number of carbonyl (C=O) groups is 2. The number of ether oxygens (including phenoxy) is 2. The van der Waals surface area contributed by atoms with Crippen LogP contribution in [0.2, 0.25) is 0 Å². The zero-order chi connectivity index (χ0) is 21.6. The highest BCUT2D eigenvalue weighted by molar-refractivity contribution is 5.85. The quantitative estimate of drug-likeness (QED) is 0.320. The molecule has 2 amide bonds. The summed E-state index contributed by atoms with van der Waals surface area (Å²) in [6.07, 6.45) is 3.54. The van der Waals surface area contributed by atoms with E-state index >= 15 is 0 Å². The van der Waals surface area contributed by atoms with Crippen molar-refractivity contribution in [1.82, 2.24) is 20.4 Å². The van der Waals surface area contributed by atoms with Gasteiger partial charge in [-0.15, -0.1) is 0 Å². The molecule has 1 saturated heterocycles. The lowest BCUT2D eigenvalue weighted by Gasteiger charge is -2.32. The smallest absolute Gasteiger partial charge is 0.409 e. The average Bonchev–Trinajstić information content (AvgIpc) is 2.68. The Hall–Kier alpha value is -2.03. The minimum absolute atomic E-state index is 0.0476. The van der Waals surface area contributed by atoms with Crippen molar-refractivity contribution in [2.24, 2.45) is 4.99 Å². The van der Waals surface area contributed by atoms with E-state index in [0.717, 1.165) is 38.8 Å². The second kappa shape index (κ2) is 14.0. The molecule has 168 valence electrons. The molecular formula is C20H39N5O4. The van der Waals surface area contributed by atoms with E-state index in [1.807, 2.05) is 20.8 Å². The predicted molar refractivity (Wildman–Crippen MR) is 114 cm³/mol. The Balaban J connectivity index is 2.48. The third kappa shape index (κ3) is 10.9. The molecule has 1 heterocycles. The summed E-state index contributed by atoms with van der Waals surface area (Å²) in [5.74, 6) is 0.591. The van der Waals surface area contributed by atoms with Crippen LogP contribution in [-0.4, -0.2) is 93.4 Å². The van der Waals surface area contributed by atoms with Gasteiger partial charge < -0.3 is 29.9 Å². The highest BCUT2D eigenvalue weighted by atomic mass is 16.6. The normalized spacial score (nSPS) is 15.4. The van der Waals surface area contributed by atoms with Crippen LogP contribution in [-0.2, 0) is 14.3 Å². The van der Waals surface area contributed by atoms with Gasteiger partial charge >= 0.3 is 6.09 Å². The number of unbranched alkanes of at least 4 members (excludes halogenated alkanes) is 1. The average molecular weight is 414 g/mol. The monoisotopic (exact) mass is 413 g/mol. The summed E-state index contributed by atoms with van der Waals surface area (Å²) in [5, 5.41) is 6.72. The Morgan fingerprint density at radius 2 is 1.90 bits per heavy atom. The molecule has 0 bridgehead atoms. The van der Waals surface area contributed by atoms with Crippen LogP contribution in [0.25, 0.3) is 0 Å². The molecule has 9 nitrogen and oxygen atoms in total. The number of hydrogen-bond donors (Lipinski definition) is 2. The number of guanidine groups is 1. The van der Waals surface area contributed by atoms with Crippen molar-refractivity contribution >= 4 is 18.0 Å². The number of likely N-dealkylation sites (tertiary alicyclic amines) is 1. The maximum Gasteiger partial charge on any atom is 0.409 e. The molecule has 9 heteroatoms. The first-order chi connectivity index (χ1) is 13.8.